The van der Waals surface area contributed by atoms with Crippen molar-refractivity contribution in [2.75, 3.05) is 12.3 Å². The average molecular weight is 249 g/mol. The van der Waals surface area contributed by atoms with Crippen molar-refractivity contribution in [2.24, 2.45) is 0 Å². The Balaban J connectivity index is 2.28. The number of nitrogens with zero attached hydrogens (tertiary/aromatic N) is 2. The van der Waals surface area contributed by atoms with Gasteiger partial charge in [-0.05, 0) is 31.9 Å². The summed E-state index contributed by atoms with van der Waals surface area (Å²) in [6, 6.07) is 3.09. The second-order valence-corrected chi connectivity index (χ2v) is 4.62. The van der Waals surface area contributed by atoms with Gasteiger partial charge in [-0.25, -0.2) is 9.78 Å². The number of hydrogen-bond acceptors (Lipinski definition) is 4. The molecule has 1 aliphatic rings. The van der Waals surface area contributed by atoms with Gasteiger partial charge in [0, 0.05) is 6.54 Å². The molecule has 2 heterocycles. The fourth-order valence-electron chi connectivity index (χ4n) is 2.18. The first-order valence-electron chi connectivity index (χ1n) is 5.72. The molecule has 1 atom stereocenters. The maximum absolute atomic E-state index is 12.2. The lowest BCUT2D eigenvalue weighted by atomic mass is 9.99. The average Bonchev–Trinajstić information content (AvgIpc) is 2.73. The summed E-state index contributed by atoms with van der Waals surface area (Å²) in [4.78, 5) is 28.8. The number of carbonyl (C=O) groups is 2. The molecular weight excluding hydrogens is 234 g/mol. The number of nitrogens with two attached hydrogens (primary N) is 1. The quantitative estimate of drug-likeness (QED) is 0.805. The van der Waals surface area contributed by atoms with Gasteiger partial charge in [-0.15, -0.1) is 0 Å². The van der Waals surface area contributed by atoms with Crippen molar-refractivity contribution >= 4 is 17.6 Å². The van der Waals surface area contributed by atoms with Crippen LogP contribution in [0, 0.1) is 0 Å². The number of nitrogen functional groups attached to an aromatic ring is 1. The van der Waals surface area contributed by atoms with Crippen molar-refractivity contribution in [3.63, 3.8) is 0 Å². The second kappa shape index (κ2) is 4.29. The highest BCUT2D eigenvalue weighted by Gasteiger charge is 2.46. The molecule has 1 aromatic heterocycles. The Morgan fingerprint density at radius 3 is 2.78 bits per heavy atom. The number of hydrogen-bond donors (Lipinski definition) is 2. The van der Waals surface area contributed by atoms with E-state index in [-0.39, 0.29) is 11.6 Å². The first-order valence-corrected chi connectivity index (χ1v) is 5.72. The van der Waals surface area contributed by atoms with E-state index in [4.69, 9.17) is 5.73 Å². The van der Waals surface area contributed by atoms with Crippen LogP contribution in [-0.2, 0) is 4.79 Å². The number of carboxylic acid groups (broad SMARTS) is 1. The lowest BCUT2D eigenvalue weighted by Crippen LogP contribution is -2.50. The lowest BCUT2D eigenvalue weighted by molar-refractivity contribution is -0.147. The smallest absolute Gasteiger partial charge is 0.329 e. The molecule has 0 radical (unpaired) electrons. The van der Waals surface area contributed by atoms with E-state index in [0.29, 0.717) is 25.1 Å². The van der Waals surface area contributed by atoms with E-state index in [1.165, 1.54) is 17.2 Å². The van der Waals surface area contributed by atoms with Crippen molar-refractivity contribution < 1.29 is 14.7 Å². The van der Waals surface area contributed by atoms with Crippen molar-refractivity contribution in [1.82, 2.24) is 9.88 Å². The highest BCUT2D eigenvalue weighted by molar-refractivity contribution is 5.96. The number of pyridine rings is 1. The molecule has 0 bridgehead atoms. The molecule has 2 rings (SSSR count). The summed E-state index contributed by atoms with van der Waals surface area (Å²) in [5.41, 5.74) is 5.05. The molecule has 1 amide bonds. The normalized spacial score (nSPS) is 23.1. The molecule has 0 spiro atoms. The van der Waals surface area contributed by atoms with E-state index in [9.17, 15) is 14.7 Å². The Morgan fingerprint density at radius 2 is 2.22 bits per heavy atom. The van der Waals surface area contributed by atoms with Crippen LogP contribution in [0.5, 0.6) is 0 Å². The van der Waals surface area contributed by atoms with Crippen LogP contribution in [0.25, 0.3) is 0 Å². The van der Waals surface area contributed by atoms with Crippen molar-refractivity contribution in [3.8, 4) is 0 Å². The van der Waals surface area contributed by atoms with Gasteiger partial charge in [0.1, 0.15) is 11.2 Å². The van der Waals surface area contributed by atoms with Gasteiger partial charge < -0.3 is 15.7 Å². The third-order valence-corrected chi connectivity index (χ3v) is 3.35. The number of aliphatic carboxylic acids is 1. The summed E-state index contributed by atoms with van der Waals surface area (Å²) in [6.45, 7) is 2.01. The largest absolute Gasteiger partial charge is 0.480 e. The predicted octanol–water partition coefficient (Wildman–Crippen LogP) is 0.743. The van der Waals surface area contributed by atoms with E-state index in [1.807, 2.05) is 0 Å². The number of carbonyl (C=O) groups excluding carboxylic acids is 1. The summed E-state index contributed by atoms with van der Waals surface area (Å²) >= 11 is 0. The zero-order valence-corrected chi connectivity index (χ0v) is 10.1. The van der Waals surface area contributed by atoms with Crippen LogP contribution in [-0.4, -0.2) is 39.0 Å². The van der Waals surface area contributed by atoms with Gasteiger partial charge in [-0.3, -0.25) is 4.79 Å². The topological polar surface area (TPSA) is 96.5 Å². The fourth-order valence-corrected chi connectivity index (χ4v) is 2.18. The van der Waals surface area contributed by atoms with Gasteiger partial charge in [-0.2, -0.15) is 0 Å². The SMILES string of the molecule is CC1(C(=O)O)CCCN1C(=O)c1ccc(N)cn1. The van der Waals surface area contributed by atoms with Crippen LogP contribution in [0.15, 0.2) is 18.3 Å². The molecule has 0 aromatic carbocycles. The van der Waals surface area contributed by atoms with Crippen LogP contribution in [0.4, 0.5) is 5.69 Å². The summed E-state index contributed by atoms with van der Waals surface area (Å²) in [7, 11) is 0. The molecule has 1 aliphatic heterocycles. The van der Waals surface area contributed by atoms with E-state index in [1.54, 1.807) is 13.0 Å². The predicted molar refractivity (Wildman–Crippen MR) is 65.0 cm³/mol. The highest BCUT2D eigenvalue weighted by atomic mass is 16.4. The molecule has 1 saturated heterocycles. The molecule has 3 N–H and O–H groups in total. The van der Waals surface area contributed by atoms with E-state index in [2.05, 4.69) is 4.98 Å². The fraction of sp³-hybridized carbons (Fsp3) is 0.417. The van der Waals surface area contributed by atoms with E-state index < -0.39 is 11.5 Å². The molecule has 18 heavy (non-hydrogen) atoms. The Hall–Kier alpha value is -2.11. The minimum absolute atomic E-state index is 0.221. The number of aromatic nitrogens is 1. The molecule has 0 aliphatic carbocycles. The molecule has 6 heteroatoms. The zero-order chi connectivity index (χ0) is 13.3. The maximum atomic E-state index is 12.2. The van der Waals surface area contributed by atoms with Gasteiger partial charge in [0.15, 0.2) is 0 Å². The van der Waals surface area contributed by atoms with Crippen LogP contribution in [0.3, 0.4) is 0 Å². The summed E-state index contributed by atoms with van der Waals surface area (Å²) in [5, 5.41) is 9.25. The minimum atomic E-state index is -1.14. The standard InChI is InChI=1S/C12H15N3O3/c1-12(11(17)18)5-2-6-15(12)10(16)9-4-3-8(13)7-14-9/h3-4,7H,2,5-6,13H2,1H3,(H,17,18). The first kappa shape index (κ1) is 12.3. The molecule has 0 saturated carbocycles. The van der Waals surface area contributed by atoms with Crippen molar-refractivity contribution in [1.29, 1.82) is 0 Å². The number of anilines is 1. The third kappa shape index (κ3) is 1.90. The molecule has 1 fully saturated rings. The molecule has 1 aromatic rings. The number of likely N-dealkylation sites (tertiary alicyclic amines) is 1. The molecular formula is C12H15N3O3. The minimum Gasteiger partial charge on any atom is -0.480 e. The second-order valence-electron chi connectivity index (χ2n) is 4.62. The molecule has 96 valence electrons. The van der Waals surface area contributed by atoms with Crippen LogP contribution in [0.1, 0.15) is 30.3 Å². The van der Waals surface area contributed by atoms with E-state index in [0.717, 1.165) is 0 Å². The molecule has 6 nitrogen and oxygen atoms in total. The van der Waals surface area contributed by atoms with Crippen LogP contribution in [0.2, 0.25) is 0 Å². The Morgan fingerprint density at radius 1 is 1.50 bits per heavy atom. The Labute approximate surface area is 104 Å². The van der Waals surface area contributed by atoms with Crippen LogP contribution >= 0.6 is 0 Å². The van der Waals surface area contributed by atoms with Gasteiger partial charge in [-0.1, -0.05) is 0 Å². The number of amides is 1. The highest BCUT2D eigenvalue weighted by Crippen LogP contribution is 2.30. The maximum Gasteiger partial charge on any atom is 0.329 e. The van der Waals surface area contributed by atoms with Gasteiger partial charge in [0.2, 0.25) is 0 Å². The monoisotopic (exact) mass is 249 g/mol. The lowest BCUT2D eigenvalue weighted by Gasteiger charge is -2.30. The first-order chi connectivity index (χ1) is 8.45. The number of rotatable bonds is 2. The summed E-state index contributed by atoms with van der Waals surface area (Å²) in [6.07, 6.45) is 2.54. The summed E-state index contributed by atoms with van der Waals surface area (Å²) in [5.74, 6) is -1.35. The molecule has 1 unspecified atom stereocenters. The van der Waals surface area contributed by atoms with E-state index >= 15 is 0 Å². The Kier molecular flexibility index (Phi) is 2.94. The Bertz CT molecular complexity index is 486. The number of carboxylic acids is 1. The summed E-state index contributed by atoms with van der Waals surface area (Å²) < 4.78 is 0. The van der Waals surface area contributed by atoms with Crippen LogP contribution < -0.4 is 5.73 Å². The van der Waals surface area contributed by atoms with Crippen molar-refractivity contribution in [3.05, 3.63) is 24.0 Å². The van der Waals surface area contributed by atoms with Crippen molar-refractivity contribution in [2.45, 2.75) is 25.3 Å². The van der Waals surface area contributed by atoms with Gasteiger partial charge >= 0.3 is 5.97 Å². The third-order valence-electron chi connectivity index (χ3n) is 3.35. The van der Waals surface area contributed by atoms with Gasteiger partial charge in [0.05, 0.1) is 11.9 Å². The zero-order valence-electron chi connectivity index (χ0n) is 10.1. The van der Waals surface area contributed by atoms with Gasteiger partial charge in [0.25, 0.3) is 5.91 Å².